The molecule has 0 bridgehead atoms. The minimum absolute atomic E-state index is 0.204. The highest BCUT2D eigenvalue weighted by Gasteiger charge is 2.13. The molecule has 0 aliphatic heterocycles. The second-order valence-corrected chi connectivity index (χ2v) is 5.18. The van der Waals surface area contributed by atoms with E-state index in [1.165, 1.54) is 14.2 Å². The van der Waals surface area contributed by atoms with Crippen LogP contribution in [0.2, 0.25) is 5.02 Å². The molecule has 0 aliphatic rings. The first kappa shape index (κ1) is 17.6. The Morgan fingerprint density at radius 1 is 1.08 bits per heavy atom. The zero-order chi connectivity index (χ0) is 17.5. The molecule has 6 nitrogen and oxygen atoms in total. The van der Waals surface area contributed by atoms with E-state index in [4.69, 9.17) is 21.1 Å². The molecule has 0 spiro atoms. The summed E-state index contributed by atoms with van der Waals surface area (Å²) in [6.45, 7) is -0.204. The monoisotopic (exact) mass is 348 g/mol. The van der Waals surface area contributed by atoms with Crippen LogP contribution in [-0.2, 0) is 4.79 Å². The number of hydrogen-bond donors (Lipinski definition) is 2. The van der Waals surface area contributed by atoms with Gasteiger partial charge in [-0.2, -0.15) is 0 Å². The molecule has 0 unspecified atom stereocenters. The Morgan fingerprint density at radius 2 is 1.83 bits per heavy atom. The highest BCUT2D eigenvalue weighted by atomic mass is 35.5. The average Bonchev–Trinajstić information content (AvgIpc) is 2.60. The quantitative estimate of drug-likeness (QED) is 0.841. The van der Waals surface area contributed by atoms with E-state index in [0.29, 0.717) is 27.8 Å². The Hall–Kier alpha value is -2.73. The largest absolute Gasteiger partial charge is 0.497 e. The summed E-state index contributed by atoms with van der Waals surface area (Å²) in [5.41, 5.74) is 0.764. The number of ether oxygens (including phenoxy) is 2. The normalized spacial score (nSPS) is 9.96. The third kappa shape index (κ3) is 4.39. The van der Waals surface area contributed by atoms with Crippen LogP contribution in [0.1, 0.15) is 10.4 Å². The average molecular weight is 349 g/mol. The van der Waals surface area contributed by atoms with Gasteiger partial charge in [-0.15, -0.1) is 0 Å². The Kier molecular flexibility index (Phi) is 6.03. The lowest BCUT2D eigenvalue weighted by molar-refractivity contribution is -0.115. The van der Waals surface area contributed by atoms with Gasteiger partial charge in [-0.3, -0.25) is 9.59 Å². The van der Waals surface area contributed by atoms with Gasteiger partial charge < -0.3 is 20.1 Å². The SMILES string of the molecule is COc1ccc(OC)c(NC(=O)CNC(=O)c2ccccc2Cl)c1. The van der Waals surface area contributed by atoms with Gasteiger partial charge in [-0.25, -0.2) is 0 Å². The molecule has 0 radical (unpaired) electrons. The van der Waals surface area contributed by atoms with Gasteiger partial charge in [-0.1, -0.05) is 23.7 Å². The number of anilines is 1. The van der Waals surface area contributed by atoms with Crippen molar-refractivity contribution in [2.45, 2.75) is 0 Å². The van der Waals surface area contributed by atoms with Crippen LogP contribution in [0.3, 0.4) is 0 Å². The maximum absolute atomic E-state index is 12.0. The van der Waals surface area contributed by atoms with Crippen molar-refractivity contribution >= 4 is 29.1 Å². The number of methoxy groups -OCH3 is 2. The van der Waals surface area contributed by atoms with Gasteiger partial charge in [0.2, 0.25) is 5.91 Å². The molecule has 2 N–H and O–H groups in total. The van der Waals surface area contributed by atoms with Crippen LogP contribution in [0.15, 0.2) is 42.5 Å². The number of rotatable bonds is 6. The van der Waals surface area contributed by atoms with E-state index < -0.39 is 11.8 Å². The number of amides is 2. The lowest BCUT2D eigenvalue weighted by Gasteiger charge is -2.12. The topological polar surface area (TPSA) is 76.7 Å². The van der Waals surface area contributed by atoms with E-state index >= 15 is 0 Å². The van der Waals surface area contributed by atoms with Crippen molar-refractivity contribution < 1.29 is 19.1 Å². The minimum Gasteiger partial charge on any atom is -0.497 e. The van der Waals surface area contributed by atoms with Gasteiger partial charge >= 0.3 is 0 Å². The lowest BCUT2D eigenvalue weighted by atomic mass is 10.2. The summed E-state index contributed by atoms with van der Waals surface area (Å²) in [5, 5.41) is 5.51. The third-order valence-corrected chi connectivity index (χ3v) is 3.54. The first-order valence-electron chi connectivity index (χ1n) is 7.09. The van der Waals surface area contributed by atoms with E-state index in [1.807, 2.05) is 0 Å². The number of nitrogens with one attached hydrogen (secondary N) is 2. The number of halogens is 1. The molecule has 2 aromatic carbocycles. The summed E-state index contributed by atoms with van der Waals surface area (Å²) in [7, 11) is 3.02. The van der Waals surface area contributed by atoms with E-state index in [9.17, 15) is 9.59 Å². The fraction of sp³-hybridized carbons (Fsp3) is 0.176. The number of carbonyl (C=O) groups excluding carboxylic acids is 2. The molecule has 0 aliphatic carbocycles. The van der Waals surface area contributed by atoms with Gasteiger partial charge in [0.1, 0.15) is 11.5 Å². The second kappa shape index (κ2) is 8.21. The third-order valence-electron chi connectivity index (χ3n) is 3.21. The standard InChI is InChI=1S/C17H17ClN2O4/c1-23-11-7-8-15(24-2)14(9-11)20-16(21)10-19-17(22)12-5-3-4-6-13(12)18/h3-9H,10H2,1-2H3,(H,19,22)(H,20,21). The van der Waals surface area contributed by atoms with Gasteiger partial charge in [0.25, 0.3) is 5.91 Å². The zero-order valence-corrected chi connectivity index (χ0v) is 14.0. The van der Waals surface area contributed by atoms with Crippen LogP contribution in [-0.4, -0.2) is 32.6 Å². The molecule has 0 aromatic heterocycles. The van der Waals surface area contributed by atoms with E-state index in [-0.39, 0.29) is 6.54 Å². The van der Waals surface area contributed by atoms with E-state index in [1.54, 1.807) is 42.5 Å². The van der Waals surface area contributed by atoms with Gasteiger partial charge in [0.15, 0.2) is 0 Å². The lowest BCUT2D eigenvalue weighted by Crippen LogP contribution is -2.33. The Bertz CT molecular complexity index is 749. The Morgan fingerprint density at radius 3 is 2.50 bits per heavy atom. The van der Waals surface area contributed by atoms with Crippen molar-refractivity contribution in [3.63, 3.8) is 0 Å². The summed E-state index contributed by atoms with van der Waals surface area (Å²) < 4.78 is 10.3. The molecule has 24 heavy (non-hydrogen) atoms. The molecule has 0 saturated heterocycles. The zero-order valence-electron chi connectivity index (χ0n) is 13.3. The molecule has 2 aromatic rings. The Balaban J connectivity index is 1.99. The van der Waals surface area contributed by atoms with Crippen molar-refractivity contribution in [1.29, 1.82) is 0 Å². The predicted octanol–water partition coefficient (Wildman–Crippen LogP) is 2.73. The van der Waals surface area contributed by atoms with Crippen LogP contribution >= 0.6 is 11.6 Å². The summed E-state index contributed by atoms with van der Waals surface area (Å²) in [6, 6.07) is 11.6. The first-order chi connectivity index (χ1) is 11.5. The molecule has 0 saturated carbocycles. The van der Waals surface area contributed by atoms with Crippen LogP contribution in [0.25, 0.3) is 0 Å². The highest BCUT2D eigenvalue weighted by Crippen LogP contribution is 2.28. The van der Waals surface area contributed by atoms with Gasteiger partial charge in [0, 0.05) is 6.07 Å². The fourth-order valence-corrected chi connectivity index (χ4v) is 2.23. The predicted molar refractivity (Wildman–Crippen MR) is 92.0 cm³/mol. The van der Waals surface area contributed by atoms with E-state index in [2.05, 4.69) is 10.6 Å². The van der Waals surface area contributed by atoms with Crippen LogP contribution in [0.5, 0.6) is 11.5 Å². The fourth-order valence-electron chi connectivity index (χ4n) is 2.01. The van der Waals surface area contributed by atoms with Crippen molar-refractivity contribution in [3.8, 4) is 11.5 Å². The molecule has 126 valence electrons. The van der Waals surface area contributed by atoms with Gasteiger partial charge in [0.05, 0.1) is 37.0 Å². The molecule has 7 heteroatoms. The molecule has 0 heterocycles. The van der Waals surface area contributed by atoms with Gasteiger partial charge in [-0.05, 0) is 24.3 Å². The Labute approximate surface area is 144 Å². The van der Waals surface area contributed by atoms with Crippen LogP contribution < -0.4 is 20.1 Å². The van der Waals surface area contributed by atoms with Crippen molar-refractivity contribution in [2.24, 2.45) is 0 Å². The summed E-state index contributed by atoms with van der Waals surface area (Å²) >= 11 is 5.95. The smallest absolute Gasteiger partial charge is 0.253 e. The number of benzene rings is 2. The second-order valence-electron chi connectivity index (χ2n) is 4.78. The summed E-state index contributed by atoms with van der Waals surface area (Å²) in [6.07, 6.45) is 0. The maximum atomic E-state index is 12.0. The van der Waals surface area contributed by atoms with Crippen LogP contribution in [0, 0.1) is 0 Å². The number of hydrogen-bond acceptors (Lipinski definition) is 4. The van der Waals surface area contributed by atoms with E-state index in [0.717, 1.165) is 0 Å². The molecular weight excluding hydrogens is 332 g/mol. The first-order valence-corrected chi connectivity index (χ1v) is 7.47. The van der Waals surface area contributed by atoms with Crippen molar-refractivity contribution in [2.75, 3.05) is 26.1 Å². The van der Waals surface area contributed by atoms with Crippen LogP contribution in [0.4, 0.5) is 5.69 Å². The molecular formula is C17H17ClN2O4. The molecule has 0 fully saturated rings. The maximum Gasteiger partial charge on any atom is 0.253 e. The summed E-state index contributed by atoms with van der Waals surface area (Å²) in [4.78, 5) is 24.1. The molecule has 0 atom stereocenters. The van der Waals surface area contributed by atoms with Crippen molar-refractivity contribution in [1.82, 2.24) is 5.32 Å². The highest BCUT2D eigenvalue weighted by molar-refractivity contribution is 6.33. The molecule has 2 rings (SSSR count). The minimum atomic E-state index is -0.423. The molecule has 2 amide bonds. The number of carbonyl (C=O) groups is 2. The summed E-state index contributed by atoms with van der Waals surface area (Å²) in [5.74, 6) is 0.239. The van der Waals surface area contributed by atoms with Crippen molar-refractivity contribution in [3.05, 3.63) is 53.1 Å².